The monoisotopic (exact) mass is 267 g/mol. The van der Waals surface area contributed by atoms with Crippen LogP contribution in [0.3, 0.4) is 0 Å². The number of hydrogen-bond acceptors (Lipinski definition) is 3. The van der Waals surface area contributed by atoms with E-state index >= 15 is 0 Å². The Labute approximate surface area is 112 Å². The lowest BCUT2D eigenvalue weighted by molar-refractivity contribution is 0.383. The van der Waals surface area contributed by atoms with Gasteiger partial charge in [0, 0.05) is 32.5 Å². The second kappa shape index (κ2) is 5.12. The van der Waals surface area contributed by atoms with Gasteiger partial charge in [-0.05, 0) is 21.0 Å². The molecule has 6 heteroatoms. The first-order valence-electron chi connectivity index (χ1n) is 5.92. The van der Waals surface area contributed by atoms with Gasteiger partial charge in [0.25, 0.3) is 0 Å². The normalized spacial score (nSPS) is 11.4. The summed E-state index contributed by atoms with van der Waals surface area (Å²) in [6.45, 7) is 3.63. The maximum atomic E-state index is 6.45. The summed E-state index contributed by atoms with van der Waals surface area (Å²) in [4.78, 5) is 6.38. The van der Waals surface area contributed by atoms with Crippen LogP contribution < -0.4 is 0 Å². The van der Waals surface area contributed by atoms with Crippen molar-refractivity contribution in [2.75, 3.05) is 14.1 Å². The van der Waals surface area contributed by atoms with E-state index in [1.807, 2.05) is 36.6 Å². The third-order valence-corrected chi connectivity index (χ3v) is 3.19. The predicted octanol–water partition coefficient (Wildman–Crippen LogP) is 2.02. The Morgan fingerprint density at radius 1 is 1.39 bits per heavy atom. The van der Waals surface area contributed by atoms with Crippen molar-refractivity contribution in [3.05, 3.63) is 23.1 Å². The van der Waals surface area contributed by atoms with Crippen LogP contribution in [0.25, 0.3) is 11.5 Å². The third kappa shape index (κ3) is 2.28. The minimum Gasteiger partial charge on any atom is -0.333 e. The zero-order valence-corrected chi connectivity index (χ0v) is 11.9. The summed E-state index contributed by atoms with van der Waals surface area (Å²) in [6.07, 6.45) is 3.64. The van der Waals surface area contributed by atoms with Gasteiger partial charge in [0.1, 0.15) is 5.69 Å². The van der Waals surface area contributed by atoms with E-state index in [1.54, 1.807) is 6.20 Å². The number of aromatic nitrogens is 4. The number of halogens is 1. The summed E-state index contributed by atoms with van der Waals surface area (Å²) in [5, 5.41) is 5.25. The highest BCUT2D eigenvalue weighted by Gasteiger charge is 2.19. The van der Waals surface area contributed by atoms with Gasteiger partial charge in [-0.25, -0.2) is 4.98 Å². The Balaban J connectivity index is 2.51. The highest BCUT2D eigenvalue weighted by atomic mass is 35.5. The van der Waals surface area contributed by atoms with Gasteiger partial charge in [0.15, 0.2) is 5.82 Å². The quantitative estimate of drug-likeness (QED) is 0.851. The summed E-state index contributed by atoms with van der Waals surface area (Å²) in [5.74, 6) is 0.798. The Kier molecular flexibility index (Phi) is 3.73. The molecule has 0 atom stereocenters. The maximum Gasteiger partial charge on any atom is 0.161 e. The van der Waals surface area contributed by atoms with Gasteiger partial charge < -0.3 is 9.47 Å². The van der Waals surface area contributed by atoms with Crippen LogP contribution in [0.1, 0.15) is 12.6 Å². The van der Waals surface area contributed by atoms with Crippen molar-refractivity contribution >= 4 is 11.6 Å². The number of rotatable bonds is 4. The predicted molar refractivity (Wildman–Crippen MR) is 72.5 cm³/mol. The fourth-order valence-corrected chi connectivity index (χ4v) is 2.20. The SMILES string of the molecule is CCn1nc(-c2nccn2C)c(Cl)c1CN(C)C. The Morgan fingerprint density at radius 3 is 2.61 bits per heavy atom. The number of aryl methyl sites for hydroxylation is 2. The smallest absolute Gasteiger partial charge is 0.161 e. The molecule has 0 radical (unpaired) electrons. The molecule has 18 heavy (non-hydrogen) atoms. The van der Waals surface area contributed by atoms with Crippen LogP contribution >= 0.6 is 11.6 Å². The Morgan fingerprint density at radius 2 is 2.11 bits per heavy atom. The van der Waals surface area contributed by atoms with Gasteiger partial charge in [-0.1, -0.05) is 11.6 Å². The van der Waals surface area contributed by atoms with E-state index in [0.717, 1.165) is 30.3 Å². The van der Waals surface area contributed by atoms with E-state index in [9.17, 15) is 0 Å². The second-order valence-corrected chi connectivity index (χ2v) is 4.90. The van der Waals surface area contributed by atoms with E-state index in [1.165, 1.54) is 0 Å². The van der Waals surface area contributed by atoms with E-state index in [4.69, 9.17) is 11.6 Å². The van der Waals surface area contributed by atoms with Crippen LogP contribution in [0.5, 0.6) is 0 Å². The van der Waals surface area contributed by atoms with Gasteiger partial charge >= 0.3 is 0 Å². The summed E-state index contributed by atoms with van der Waals surface area (Å²) >= 11 is 6.45. The molecule has 2 heterocycles. The summed E-state index contributed by atoms with van der Waals surface area (Å²) in [6, 6.07) is 0. The van der Waals surface area contributed by atoms with Crippen molar-refractivity contribution in [3.8, 4) is 11.5 Å². The number of nitrogens with zero attached hydrogens (tertiary/aromatic N) is 5. The molecular formula is C12H18ClN5. The Bertz CT molecular complexity index is 541. The molecule has 0 aliphatic heterocycles. The van der Waals surface area contributed by atoms with Gasteiger partial charge in [-0.3, -0.25) is 4.68 Å². The highest BCUT2D eigenvalue weighted by molar-refractivity contribution is 6.33. The molecule has 0 spiro atoms. The lowest BCUT2D eigenvalue weighted by Gasteiger charge is -2.11. The minimum absolute atomic E-state index is 0.694. The topological polar surface area (TPSA) is 38.9 Å². The molecule has 0 saturated heterocycles. The molecule has 98 valence electrons. The standard InChI is InChI=1S/C12H18ClN5/c1-5-18-9(8-16(2)3)10(13)11(15-18)12-14-6-7-17(12)4/h6-7H,5,8H2,1-4H3. The average molecular weight is 268 g/mol. The van der Waals surface area contributed by atoms with Crippen LogP contribution in [-0.2, 0) is 20.1 Å². The van der Waals surface area contributed by atoms with E-state index < -0.39 is 0 Å². The maximum absolute atomic E-state index is 6.45. The largest absolute Gasteiger partial charge is 0.333 e. The molecule has 0 N–H and O–H groups in total. The Hall–Kier alpha value is -1.33. The third-order valence-electron chi connectivity index (χ3n) is 2.79. The zero-order valence-electron chi connectivity index (χ0n) is 11.2. The molecule has 0 bridgehead atoms. The van der Waals surface area contributed by atoms with Crippen molar-refractivity contribution in [2.45, 2.75) is 20.0 Å². The van der Waals surface area contributed by atoms with E-state index in [2.05, 4.69) is 21.9 Å². The summed E-state index contributed by atoms with van der Waals surface area (Å²) in [7, 11) is 5.97. The highest BCUT2D eigenvalue weighted by Crippen LogP contribution is 2.29. The van der Waals surface area contributed by atoms with Gasteiger partial charge in [0.05, 0.1) is 10.7 Å². The fourth-order valence-electron chi connectivity index (χ4n) is 1.92. The molecule has 0 unspecified atom stereocenters. The lowest BCUT2D eigenvalue weighted by Crippen LogP contribution is -2.15. The fraction of sp³-hybridized carbons (Fsp3) is 0.500. The molecule has 2 aromatic heterocycles. The summed E-state index contributed by atoms with van der Waals surface area (Å²) in [5.41, 5.74) is 1.78. The van der Waals surface area contributed by atoms with Crippen molar-refractivity contribution in [1.29, 1.82) is 0 Å². The van der Waals surface area contributed by atoms with Gasteiger partial charge in [-0.15, -0.1) is 0 Å². The molecule has 0 aliphatic rings. The lowest BCUT2D eigenvalue weighted by atomic mass is 10.3. The van der Waals surface area contributed by atoms with Crippen molar-refractivity contribution < 1.29 is 0 Å². The van der Waals surface area contributed by atoms with Crippen LogP contribution in [0, 0.1) is 0 Å². The molecule has 0 saturated carbocycles. The number of imidazole rings is 1. The van der Waals surface area contributed by atoms with E-state index in [-0.39, 0.29) is 0 Å². The average Bonchev–Trinajstić information content (AvgIpc) is 2.85. The molecule has 0 amide bonds. The molecular weight excluding hydrogens is 250 g/mol. The second-order valence-electron chi connectivity index (χ2n) is 4.52. The summed E-state index contributed by atoms with van der Waals surface area (Å²) < 4.78 is 3.86. The zero-order chi connectivity index (χ0) is 13.3. The number of hydrogen-bond donors (Lipinski definition) is 0. The first-order valence-corrected chi connectivity index (χ1v) is 6.30. The molecule has 5 nitrogen and oxygen atoms in total. The molecule has 0 fully saturated rings. The molecule has 0 aromatic carbocycles. The molecule has 2 rings (SSSR count). The minimum atomic E-state index is 0.694. The van der Waals surface area contributed by atoms with Gasteiger partial charge in [0.2, 0.25) is 0 Å². The van der Waals surface area contributed by atoms with Crippen LogP contribution in [0.4, 0.5) is 0 Å². The first kappa shape index (κ1) is 13.1. The van der Waals surface area contributed by atoms with Crippen LogP contribution in [0.2, 0.25) is 5.02 Å². The van der Waals surface area contributed by atoms with E-state index in [0.29, 0.717) is 5.02 Å². The van der Waals surface area contributed by atoms with Gasteiger partial charge in [-0.2, -0.15) is 5.10 Å². The molecule has 2 aromatic rings. The van der Waals surface area contributed by atoms with Crippen LogP contribution in [-0.4, -0.2) is 38.3 Å². The van der Waals surface area contributed by atoms with Crippen molar-refractivity contribution in [3.63, 3.8) is 0 Å². The van der Waals surface area contributed by atoms with Crippen LogP contribution in [0.15, 0.2) is 12.4 Å². The van der Waals surface area contributed by atoms with Crippen molar-refractivity contribution in [2.24, 2.45) is 7.05 Å². The van der Waals surface area contributed by atoms with Crippen molar-refractivity contribution in [1.82, 2.24) is 24.2 Å². The first-order chi connectivity index (χ1) is 8.54. The molecule has 0 aliphatic carbocycles.